The van der Waals surface area contributed by atoms with Crippen molar-refractivity contribution in [1.29, 1.82) is 0 Å². The summed E-state index contributed by atoms with van der Waals surface area (Å²) in [5.41, 5.74) is 2.54. The van der Waals surface area contributed by atoms with Crippen molar-refractivity contribution in [3.63, 3.8) is 0 Å². The third-order valence-electron chi connectivity index (χ3n) is 4.32. The van der Waals surface area contributed by atoms with Gasteiger partial charge in [0.2, 0.25) is 5.91 Å². The minimum Gasteiger partial charge on any atom is -0.324 e. The standard InChI is InChI=1S/C19H15FN2O/c20-14-8-6-12(7-9-14)15-11-16(15)19(23)22-17-5-1-3-13-4-2-10-21-18(13)17/h1-10,15-16H,11H2,(H,22,23). The molecular weight excluding hydrogens is 291 g/mol. The Morgan fingerprint density at radius 2 is 1.87 bits per heavy atom. The van der Waals surface area contributed by atoms with Gasteiger partial charge in [-0.1, -0.05) is 30.3 Å². The number of fused-ring (bicyclic) bond motifs is 1. The third-order valence-corrected chi connectivity index (χ3v) is 4.32. The van der Waals surface area contributed by atoms with Gasteiger partial charge in [0.05, 0.1) is 11.2 Å². The molecule has 2 unspecified atom stereocenters. The van der Waals surface area contributed by atoms with Gasteiger partial charge in [0.1, 0.15) is 5.82 Å². The monoisotopic (exact) mass is 306 g/mol. The largest absolute Gasteiger partial charge is 0.324 e. The van der Waals surface area contributed by atoms with Crippen LogP contribution in [0.25, 0.3) is 10.9 Å². The van der Waals surface area contributed by atoms with E-state index in [4.69, 9.17) is 0 Å². The zero-order valence-electron chi connectivity index (χ0n) is 12.4. The molecule has 1 aliphatic rings. The van der Waals surface area contributed by atoms with Crippen molar-refractivity contribution in [2.75, 3.05) is 5.32 Å². The number of anilines is 1. The fourth-order valence-corrected chi connectivity index (χ4v) is 2.99. The molecule has 0 saturated heterocycles. The molecule has 1 amide bonds. The first-order valence-electron chi connectivity index (χ1n) is 7.62. The number of carbonyl (C=O) groups excluding carboxylic acids is 1. The van der Waals surface area contributed by atoms with Crippen molar-refractivity contribution in [2.24, 2.45) is 5.92 Å². The van der Waals surface area contributed by atoms with Crippen LogP contribution in [-0.2, 0) is 4.79 Å². The Hall–Kier alpha value is -2.75. The van der Waals surface area contributed by atoms with Crippen molar-refractivity contribution in [3.8, 4) is 0 Å². The van der Waals surface area contributed by atoms with Crippen molar-refractivity contribution in [2.45, 2.75) is 12.3 Å². The van der Waals surface area contributed by atoms with E-state index in [1.165, 1.54) is 12.1 Å². The molecule has 0 radical (unpaired) electrons. The van der Waals surface area contributed by atoms with Crippen LogP contribution in [0.3, 0.4) is 0 Å². The highest BCUT2D eigenvalue weighted by molar-refractivity contribution is 6.02. The smallest absolute Gasteiger partial charge is 0.228 e. The van der Waals surface area contributed by atoms with E-state index in [0.29, 0.717) is 0 Å². The molecule has 114 valence electrons. The highest BCUT2D eigenvalue weighted by Gasteiger charge is 2.44. The number of carbonyl (C=O) groups is 1. The van der Waals surface area contributed by atoms with Gasteiger partial charge in [0.25, 0.3) is 0 Å². The molecule has 3 nitrogen and oxygen atoms in total. The molecule has 0 aliphatic heterocycles. The number of amides is 1. The Labute approximate surface area is 133 Å². The molecule has 1 aliphatic carbocycles. The summed E-state index contributed by atoms with van der Waals surface area (Å²) < 4.78 is 13.0. The maximum absolute atomic E-state index is 13.0. The quantitative estimate of drug-likeness (QED) is 0.791. The number of aromatic nitrogens is 1. The molecule has 1 aromatic heterocycles. The molecule has 4 heteroatoms. The van der Waals surface area contributed by atoms with Crippen LogP contribution in [0, 0.1) is 11.7 Å². The molecule has 3 aromatic rings. The molecule has 0 bridgehead atoms. The van der Waals surface area contributed by atoms with Gasteiger partial charge < -0.3 is 5.32 Å². The fourth-order valence-electron chi connectivity index (χ4n) is 2.99. The first-order chi connectivity index (χ1) is 11.2. The van der Waals surface area contributed by atoms with Crippen LogP contribution in [0.5, 0.6) is 0 Å². The molecule has 4 rings (SSSR count). The van der Waals surface area contributed by atoms with E-state index in [0.717, 1.165) is 28.6 Å². The molecule has 2 aromatic carbocycles. The average molecular weight is 306 g/mol. The van der Waals surface area contributed by atoms with Gasteiger partial charge in [0, 0.05) is 17.5 Å². The number of hydrogen-bond donors (Lipinski definition) is 1. The maximum atomic E-state index is 13.0. The summed E-state index contributed by atoms with van der Waals surface area (Å²) in [6.45, 7) is 0. The molecule has 0 spiro atoms. The van der Waals surface area contributed by atoms with Gasteiger partial charge in [0.15, 0.2) is 0 Å². The summed E-state index contributed by atoms with van der Waals surface area (Å²) in [7, 11) is 0. The maximum Gasteiger partial charge on any atom is 0.228 e. The Kier molecular flexibility index (Phi) is 3.30. The van der Waals surface area contributed by atoms with Crippen LogP contribution >= 0.6 is 0 Å². The first kappa shape index (κ1) is 13.9. The zero-order chi connectivity index (χ0) is 15.8. The summed E-state index contributed by atoms with van der Waals surface area (Å²) in [5, 5.41) is 3.98. The topological polar surface area (TPSA) is 42.0 Å². The van der Waals surface area contributed by atoms with E-state index >= 15 is 0 Å². The number of halogens is 1. The van der Waals surface area contributed by atoms with Gasteiger partial charge in [-0.05, 0) is 42.2 Å². The lowest BCUT2D eigenvalue weighted by Crippen LogP contribution is -2.15. The van der Waals surface area contributed by atoms with Crippen LogP contribution in [0.4, 0.5) is 10.1 Å². The normalized spacial score (nSPS) is 19.5. The summed E-state index contributed by atoms with van der Waals surface area (Å²) >= 11 is 0. The molecule has 23 heavy (non-hydrogen) atoms. The number of nitrogens with zero attached hydrogens (tertiary/aromatic N) is 1. The number of nitrogens with one attached hydrogen (secondary N) is 1. The van der Waals surface area contributed by atoms with Crippen molar-refractivity contribution >= 4 is 22.5 Å². The van der Waals surface area contributed by atoms with E-state index in [9.17, 15) is 9.18 Å². The Balaban J connectivity index is 1.51. The molecule has 1 heterocycles. The summed E-state index contributed by atoms with van der Waals surface area (Å²) in [4.78, 5) is 16.8. The molecule has 2 atom stereocenters. The summed E-state index contributed by atoms with van der Waals surface area (Å²) in [5.74, 6) is -0.132. The van der Waals surface area contributed by atoms with Crippen LogP contribution < -0.4 is 5.32 Å². The van der Waals surface area contributed by atoms with Crippen LogP contribution in [-0.4, -0.2) is 10.9 Å². The van der Waals surface area contributed by atoms with Gasteiger partial charge >= 0.3 is 0 Å². The number of hydrogen-bond acceptors (Lipinski definition) is 2. The molecule has 1 saturated carbocycles. The SMILES string of the molecule is O=C(Nc1cccc2cccnc12)C1CC1c1ccc(F)cc1. The van der Waals surface area contributed by atoms with Gasteiger partial charge in [-0.3, -0.25) is 9.78 Å². The van der Waals surface area contributed by atoms with E-state index in [1.54, 1.807) is 18.3 Å². The second-order valence-electron chi connectivity index (χ2n) is 5.87. The van der Waals surface area contributed by atoms with E-state index in [-0.39, 0.29) is 23.6 Å². The highest BCUT2D eigenvalue weighted by Crippen LogP contribution is 2.48. The van der Waals surface area contributed by atoms with Crippen LogP contribution in [0.1, 0.15) is 17.9 Å². The minimum absolute atomic E-state index is 0.00234. The van der Waals surface area contributed by atoms with Crippen molar-refractivity contribution < 1.29 is 9.18 Å². The lowest BCUT2D eigenvalue weighted by molar-refractivity contribution is -0.117. The van der Waals surface area contributed by atoms with E-state index < -0.39 is 0 Å². The van der Waals surface area contributed by atoms with Gasteiger partial charge in [-0.2, -0.15) is 0 Å². The van der Waals surface area contributed by atoms with Gasteiger partial charge in [-0.25, -0.2) is 4.39 Å². The Bertz CT molecular complexity index is 871. The summed E-state index contributed by atoms with van der Waals surface area (Å²) in [6, 6.07) is 16.0. The molecule has 1 N–H and O–H groups in total. The lowest BCUT2D eigenvalue weighted by atomic mass is 10.1. The minimum atomic E-state index is -0.253. The van der Waals surface area contributed by atoms with Crippen LogP contribution in [0.2, 0.25) is 0 Å². The Morgan fingerprint density at radius 1 is 1.09 bits per heavy atom. The highest BCUT2D eigenvalue weighted by atomic mass is 19.1. The fraction of sp³-hybridized carbons (Fsp3) is 0.158. The second-order valence-corrected chi connectivity index (χ2v) is 5.87. The lowest BCUT2D eigenvalue weighted by Gasteiger charge is -2.08. The predicted molar refractivity (Wildman–Crippen MR) is 87.6 cm³/mol. The van der Waals surface area contributed by atoms with E-state index in [2.05, 4.69) is 10.3 Å². The van der Waals surface area contributed by atoms with Crippen LogP contribution in [0.15, 0.2) is 60.8 Å². The number of para-hydroxylation sites is 1. The van der Waals surface area contributed by atoms with Crippen molar-refractivity contribution in [1.82, 2.24) is 4.98 Å². The predicted octanol–water partition coefficient (Wildman–Crippen LogP) is 4.12. The summed E-state index contributed by atoms with van der Waals surface area (Å²) in [6.07, 6.45) is 2.52. The van der Waals surface area contributed by atoms with E-state index in [1.807, 2.05) is 30.3 Å². The number of pyridine rings is 1. The second kappa shape index (κ2) is 5.47. The average Bonchev–Trinajstić information content (AvgIpc) is 3.37. The zero-order valence-corrected chi connectivity index (χ0v) is 12.4. The third kappa shape index (κ3) is 2.68. The van der Waals surface area contributed by atoms with Crippen molar-refractivity contribution in [3.05, 3.63) is 72.2 Å². The first-order valence-corrected chi connectivity index (χ1v) is 7.62. The molecular formula is C19H15FN2O. The Morgan fingerprint density at radius 3 is 2.70 bits per heavy atom. The van der Waals surface area contributed by atoms with Gasteiger partial charge in [-0.15, -0.1) is 0 Å². The number of rotatable bonds is 3. The molecule has 1 fully saturated rings. The number of benzene rings is 2.